The van der Waals surface area contributed by atoms with Crippen LogP contribution in [0.25, 0.3) is 17.1 Å². The second-order valence-corrected chi connectivity index (χ2v) is 8.47. The number of aromatic nitrogens is 6. The Morgan fingerprint density at radius 1 is 1.12 bits per heavy atom. The van der Waals surface area contributed by atoms with E-state index in [1.165, 1.54) is 11.8 Å². The minimum absolute atomic E-state index is 0.0292. The molecule has 0 saturated carbocycles. The molecule has 4 aromatic rings. The lowest BCUT2D eigenvalue weighted by atomic mass is 9.97. The van der Waals surface area contributed by atoms with Gasteiger partial charge in [0, 0.05) is 23.5 Å². The van der Waals surface area contributed by atoms with Crippen molar-refractivity contribution in [2.75, 3.05) is 0 Å². The number of nitriles is 1. The van der Waals surface area contributed by atoms with Gasteiger partial charge in [0.05, 0.1) is 28.5 Å². The third-order valence-corrected chi connectivity index (χ3v) is 6.25. The molecule has 0 amide bonds. The zero-order valence-electron chi connectivity index (χ0n) is 17.2. The van der Waals surface area contributed by atoms with Gasteiger partial charge in [-0.1, -0.05) is 47.6 Å². The molecule has 10 heteroatoms. The van der Waals surface area contributed by atoms with Crippen LogP contribution >= 0.6 is 23.4 Å². The second kappa shape index (κ2) is 9.40. The predicted molar refractivity (Wildman–Crippen MR) is 124 cm³/mol. The van der Waals surface area contributed by atoms with Gasteiger partial charge in [-0.2, -0.15) is 5.26 Å². The Balaban J connectivity index is 1.40. The molecule has 8 nitrogen and oxygen atoms in total. The lowest BCUT2D eigenvalue weighted by Crippen LogP contribution is -2.00. The molecule has 1 unspecified atom stereocenters. The summed E-state index contributed by atoms with van der Waals surface area (Å²) in [5.74, 6) is 2.06. The Hall–Kier alpha value is -3.74. The standard InChI is InChI=1S/C23H16ClN7OS/c24-18-3-1-2-4-19(18)31-21(16-9-11-26-12-10-16)28-30-23(31)33-14-20-27-29-22(32-20)17-7-5-15(13-25)6-8-17/h1-7,9-12,17H,8,14H2. The number of pyridine rings is 1. The molecular weight excluding hydrogens is 458 g/mol. The van der Waals surface area contributed by atoms with Crippen molar-refractivity contribution in [2.24, 2.45) is 0 Å². The highest BCUT2D eigenvalue weighted by atomic mass is 35.5. The van der Waals surface area contributed by atoms with Crippen molar-refractivity contribution in [1.29, 1.82) is 5.26 Å². The number of allylic oxidation sites excluding steroid dienone is 4. The number of rotatable bonds is 6. The van der Waals surface area contributed by atoms with Gasteiger partial charge in [0.25, 0.3) is 0 Å². The molecule has 1 aromatic carbocycles. The number of benzene rings is 1. The van der Waals surface area contributed by atoms with Crippen LogP contribution in [0.3, 0.4) is 0 Å². The minimum atomic E-state index is -0.0292. The van der Waals surface area contributed by atoms with E-state index in [4.69, 9.17) is 21.3 Å². The maximum Gasteiger partial charge on any atom is 0.226 e. The highest BCUT2D eigenvalue weighted by Gasteiger charge is 2.21. The van der Waals surface area contributed by atoms with Crippen LogP contribution in [0.15, 0.2) is 82.2 Å². The number of halogens is 1. The molecule has 0 saturated heterocycles. The Morgan fingerprint density at radius 2 is 1.97 bits per heavy atom. The highest BCUT2D eigenvalue weighted by molar-refractivity contribution is 7.98. The van der Waals surface area contributed by atoms with Gasteiger partial charge in [-0.15, -0.1) is 20.4 Å². The Bertz CT molecular complexity index is 1390. The van der Waals surface area contributed by atoms with E-state index in [1.807, 2.05) is 53.1 Å². The maximum absolute atomic E-state index is 8.98. The van der Waals surface area contributed by atoms with E-state index in [9.17, 15) is 0 Å². The van der Waals surface area contributed by atoms with Crippen LogP contribution in [0.2, 0.25) is 5.02 Å². The van der Waals surface area contributed by atoms with Gasteiger partial charge in [0.15, 0.2) is 11.0 Å². The van der Waals surface area contributed by atoms with Gasteiger partial charge in [0.2, 0.25) is 11.8 Å². The molecule has 3 aromatic heterocycles. The zero-order valence-corrected chi connectivity index (χ0v) is 18.7. The number of thioether (sulfide) groups is 1. The fraction of sp³-hybridized carbons (Fsp3) is 0.130. The predicted octanol–water partition coefficient (Wildman–Crippen LogP) is 5.15. The molecular formula is C23H16ClN7OS. The van der Waals surface area contributed by atoms with Crippen LogP contribution < -0.4 is 0 Å². The molecule has 1 aliphatic carbocycles. The summed E-state index contributed by atoms with van der Waals surface area (Å²) in [5, 5.41) is 27.4. The topological polar surface area (TPSA) is 106 Å². The van der Waals surface area contributed by atoms with Crippen molar-refractivity contribution >= 4 is 23.4 Å². The summed E-state index contributed by atoms with van der Waals surface area (Å²) in [5.41, 5.74) is 2.29. The minimum Gasteiger partial charge on any atom is -0.424 e. The lowest BCUT2D eigenvalue weighted by molar-refractivity contribution is 0.447. The summed E-state index contributed by atoms with van der Waals surface area (Å²) in [4.78, 5) is 4.08. The molecule has 0 fully saturated rings. The molecule has 1 aliphatic rings. The zero-order chi connectivity index (χ0) is 22.6. The first-order valence-electron chi connectivity index (χ1n) is 10.1. The fourth-order valence-corrected chi connectivity index (χ4v) is 4.39. The van der Waals surface area contributed by atoms with Crippen LogP contribution in [0.5, 0.6) is 0 Å². The molecule has 162 valence electrons. The second-order valence-electron chi connectivity index (χ2n) is 7.12. The van der Waals surface area contributed by atoms with E-state index in [2.05, 4.69) is 31.4 Å². The average Bonchev–Trinajstić information content (AvgIpc) is 3.51. The molecule has 3 heterocycles. The third-order valence-electron chi connectivity index (χ3n) is 5.02. The van der Waals surface area contributed by atoms with Crippen molar-refractivity contribution < 1.29 is 4.42 Å². The van der Waals surface area contributed by atoms with Crippen molar-refractivity contribution in [3.8, 4) is 23.1 Å². The molecule has 1 atom stereocenters. The Morgan fingerprint density at radius 3 is 2.73 bits per heavy atom. The van der Waals surface area contributed by atoms with Crippen LogP contribution in [0, 0.1) is 11.3 Å². The van der Waals surface area contributed by atoms with E-state index in [0.29, 0.717) is 45.5 Å². The molecule has 0 spiro atoms. The van der Waals surface area contributed by atoms with E-state index >= 15 is 0 Å². The van der Waals surface area contributed by atoms with E-state index in [1.54, 1.807) is 18.5 Å². The number of hydrogen-bond acceptors (Lipinski definition) is 8. The van der Waals surface area contributed by atoms with Crippen LogP contribution in [0.4, 0.5) is 0 Å². The molecule has 33 heavy (non-hydrogen) atoms. The Labute approximate surface area is 198 Å². The number of hydrogen-bond donors (Lipinski definition) is 0. The van der Waals surface area contributed by atoms with Gasteiger partial charge >= 0.3 is 0 Å². The monoisotopic (exact) mass is 473 g/mol. The third kappa shape index (κ3) is 4.44. The molecule has 0 radical (unpaired) electrons. The van der Waals surface area contributed by atoms with Crippen molar-refractivity contribution in [2.45, 2.75) is 23.2 Å². The largest absolute Gasteiger partial charge is 0.424 e. The van der Waals surface area contributed by atoms with E-state index in [-0.39, 0.29) is 5.92 Å². The summed E-state index contributed by atoms with van der Waals surface area (Å²) < 4.78 is 7.79. The first-order chi connectivity index (χ1) is 16.2. The van der Waals surface area contributed by atoms with E-state index < -0.39 is 0 Å². The summed E-state index contributed by atoms with van der Waals surface area (Å²) >= 11 is 7.93. The quantitative estimate of drug-likeness (QED) is 0.354. The summed E-state index contributed by atoms with van der Waals surface area (Å²) in [6.07, 6.45) is 9.64. The first kappa shape index (κ1) is 21.1. The fourth-order valence-electron chi connectivity index (χ4n) is 3.39. The molecule has 0 aliphatic heterocycles. The summed E-state index contributed by atoms with van der Waals surface area (Å²) in [6.45, 7) is 0. The molecule has 0 N–H and O–H groups in total. The van der Waals surface area contributed by atoms with E-state index in [0.717, 1.165) is 11.3 Å². The average molecular weight is 474 g/mol. The lowest BCUT2D eigenvalue weighted by Gasteiger charge is -2.11. The highest BCUT2D eigenvalue weighted by Crippen LogP contribution is 2.33. The number of para-hydroxylation sites is 1. The molecule has 0 bridgehead atoms. The summed E-state index contributed by atoms with van der Waals surface area (Å²) in [6, 6.07) is 13.4. The smallest absolute Gasteiger partial charge is 0.226 e. The van der Waals surface area contributed by atoms with Crippen LogP contribution in [0.1, 0.15) is 24.1 Å². The van der Waals surface area contributed by atoms with Gasteiger partial charge in [0.1, 0.15) is 0 Å². The van der Waals surface area contributed by atoms with Gasteiger partial charge in [-0.25, -0.2) is 0 Å². The van der Waals surface area contributed by atoms with Crippen LogP contribution in [-0.4, -0.2) is 29.9 Å². The van der Waals surface area contributed by atoms with Crippen LogP contribution in [-0.2, 0) is 5.75 Å². The maximum atomic E-state index is 8.98. The van der Waals surface area contributed by atoms with Crippen molar-refractivity contribution in [3.63, 3.8) is 0 Å². The van der Waals surface area contributed by atoms with Gasteiger partial charge in [-0.05, 0) is 36.8 Å². The van der Waals surface area contributed by atoms with Crippen molar-refractivity contribution in [1.82, 2.24) is 29.9 Å². The number of nitrogens with zero attached hydrogens (tertiary/aromatic N) is 7. The van der Waals surface area contributed by atoms with Crippen molar-refractivity contribution in [3.05, 3.63) is 89.4 Å². The normalized spacial score (nSPS) is 15.3. The molecule has 5 rings (SSSR count). The van der Waals surface area contributed by atoms with Gasteiger partial charge in [-0.3, -0.25) is 9.55 Å². The first-order valence-corrected chi connectivity index (χ1v) is 11.4. The van der Waals surface area contributed by atoms with Gasteiger partial charge < -0.3 is 4.42 Å². The SMILES string of the molecule is N#CC1=CCC(c2nnc(CSc3nnc(-c4ccncc4)n3-c3ccccc3Cl)o2)C=C1. The Kier molecular flexibility index (Phi) is 6.02. The summed E-state index contributed by atoms with van der Waals surface area (Å²) in [7, 11) is 0.